The first kappa shape index (κ1) is 24.5. The highest BCUT2D eigenvalue weighted by molar-refractivity contribution is 5.88. The van der Waals surface area contributed by atoms with E-state index in [1.165, 1.54) is 6.42 Å². The molecule has 1 atom stereocenters. The number of carbonyl (C=O) groups is 2. The normalized spacial score (nSPS) is 14.6. The standard InChI is InChI=1S/C30H34N2O3/c33-29(23-35-27-19-11-4-12-20-27)32(22-25-15-7-2-8-16-25)28(21-24-13-5-1-6-14-24)30(34)31-26-17-9-3-10-18-26/h1-2,4-8,11-16,19-20,26,28H,3,9-10,17-18,21-23H2,(H,31,34)/t28-/m0/s1. The molecule has 1 N–H and O–H groups in total. The van der Waals surface area contributed by atoms with Gasteiger partial charge in [0.2, 0.25) is 5.91 Å². The fourth-order valence-electron chi connectivity index (χ4n) is 4.62. The van der Waals surface area contributed by atoms with Crippen LogP contribution in [0.2, 0.25) is 0 Å². The van der Waals surface area contributed by atoms with Crippen molar-refractivity contribution in [2.24, 2.45) is 0 Å². The molecule has 0 aliphatic heterocycles. The third kappa shape index (κ3) is 7.44. The number of ether oxygens (including phenoxy) is 1. The van der Waals surface area contributed by atoms with Gasteiger partial charge in [0, 0.05) is 19.0 Å². The quantitative estimate of drug-likeness (QED) is 0.446. The summed E-state index contributed by atoms with van der Waals surface area (Å²) in [6.07, 6.45) is 5.91. The minimum Gasteiger partial charge on any atom is -0.484 e. The molecule has 0 saturated heterocycles. The summed E-state index contributed by atoms with van der Waals surface area (Å²) in [6, 6.07) is 28.6. The maximum atomic E-state index is 13.7. The molecule has 5 heteroatoms. The van der Waals surface area contributed by atoms with Crippen molar-refractivity contribution in [1.82, 2.24) is 10.2 Å². The topological polar surface area (TPSA) is 58.6 Å². The summed E-state index contributed by atoms with van der Waals surface area (Å²) in [5.41, 5.74) is 2.00. The molecule has 0 heterocycles. The average Bonchev–Trinajstić information content (AvgIpc) is 2.91. The van der Waals surface area contributed by atoms with E-state index in [0.717, 1.165) is 36.8 Å². The number of carbonyl (C=O) groups excluding carboxylic acids is 2. The molecule has 0 aromatic heterocycles. The zero-order valence-corrected chi connectivity index (χ0v) is 20.1. The van der Waals surface area contributed by atoms with Crippen molar-refractivity contribution in [3.63, 3.8) is 0 Å². The number of nitrogens with one attached hydrogen (secondary N) is 1. The van der Waals surface area contributed by atoms with Crippen LogP contribution in [0.15, 0.2) is 91.0 Å². The summed E-state index contributed by atoms with van der Waals surface area (Å²) in [4.78, 5) is 28.9. The molecule has 35 heavy (non-hydrogen) atoms. The van der Waals surface area contributed by atoms with Gasteiger partial charge < -0.3 is 15.0 Å². The van der Waals surface area contributed by atoms with Crippen LogP contribution in [0.25, 0.3) is 0 Å². The number of hydrogen-bond acceptors (Lipinski definition) is 3. The molecule has 1 aliphatic rings. The smallest absolute Gasteiger partial charge is 0.261 e. The fraction of sp³-hybridized carbons (Fsp3) is 0.333. The first-order valence-electron chi connectivity index (χ1n) is 12.5. The van der Waals surface area contributed by atoms with Gasteiger partial charge in [-0.05, 0) is 36.1 Å². The first-order chi connectivity index (χ1) is 17.2. The second kappa shape index (κ2) is 12.7. The van der Waals surface area contributed by atoms with Crippen molar-refractivity contribution in [3.8, 4) is 5.75 Å². The lowest BCUT2D eigenvalue weighted by atomic mass is 9.94. The van der Waals surface area contributed by atoms with E-state index in [0.29, 0.717) is 18.7 Å². The highest BCUT2D eigenvalue weighted by atomic mass is 16.5. The van der Waals surface area contributed by atoms with Crippen molar-refractivity contribution in [2.75, 3.05) is 6.61 Å². The van der Waals surface area contributed by atoms with Crippen molar-refractivity contribution < 1.29 is 14.3 Å². The summed E-state index contributed by atoms with van der Waals surface area (Å²) in [7, 11) is 0. The van der Waals surface area contributed by atoms with Crippen LogP contribution < -0.4 is 10.1 Å². The number of benzene rings is 3. The molecule has 0 bridgehead atoms. The van der Waals surface area contributed by atoms with Crippen LogP contribution in [0.3, 0.4) is 0 Å². The fourth-order valence-corrected chi connectivity index (χ4v) is 4.62. The third-order valence-electron chi connectivity index (χ3n) is 6.52. The number of amides is 2. The second-order valence-electron chi connectivity index (χ2n) is 9.16. The molecule has 4 rings (SSSR count). The third-order valence-corrected chi connectivity index (χ3v) is 6.52. The maximum absolute atomic E-state index is 13.7. The van der Waals surface area contributed by atoms with Gasteiger partial charge in [-0.3, -0.25) is 9.59 Å². The van der Waals surface area contributed by atoms with Gasteiger partial charge in [-0.2, -0.15) is 0 Å². The van der Waals surface area contributed by atoms with Gasteiger partial charge in [0.15, 0.2) is 6.61 Å². The van der Waals surface area contributed by atoms with Crippen LogP contribution >= 0.6 is 0 Å². The Kier molecular flexibility index (Phi) is 8.93. The van der Waals surface area contributed by atoms with Gasteiger partial charge in [-0.25, -0.2) is 0 Å². The van der Waals surface area contributed by atoms with Gasteiger partial charge in [0.05, 0.1) is 0 Å². The Morgan fingerprint density at radius 2 is 1.37 bits per heavy atom. The molecule has 1 fully saturated rings. The number of rotatable bonds is 10. The zero-order valence-electron chi connectivity index (χ0n) is 20.1. The Hall–Kier alpha value is -3.60. The molecular formula is C30H34N2O3. The Labute approximate surface area is 208 Å². The van der Waals surface area contributed by atoms with E-state index in [1.807, 2.05) is 91.0 Å². The highest BCUT2D eigenvalue weighted by Gasteiger charge is 2.32. The molecule has 1 aliphatic carbocycles. The molecule has 0 unspecified atom stereocenters. The lowest BCUT2D eigenvalue weighted by Crippen LogP contribution is -2.53. The van der Waals surface area contributed by atoms with Gasteiger partial charge in [-0.15, -0.1) is 0 Å². The van der Waals surface area contributed by atoms with Crippen LogP contribution in [0.1, 0.15) is 43.2 Å². The van der Waals surface area contributed by atoms with Crippen molar-refractivity contribution in [2.45, 2.75) is 57.2 Å². The molecule has 3 aromatic carbocycles. The summed E-state index contributed by atoms with van der Waals surface area (Å²) in [5, 5.41) is 3.26. The van der Waals surface area contributed by atoms with E-state index in [4.69, 9.17) is 4.74 Å². The van der Waals surface area contributed by atoms with Crippen molar-refractivity contribution in [3.05, 3.63) is 102 Å². The summed E-state index contributed by atoms with van der Waals surface area (Å²) >= 11 is 0. The number of para-hydroxylation sites is 1. The van der Waals surface area contributed by atoms with Crippen LogP contribution in [-0.4, -0.2) is 35.4 Å². The average molecular weight is 471 g/mol. The summed E-state index contributed by atoms with van der Waals surface area (Å²) < 4.78 is 5.79. The molecule has 1 saturated carbocycles. The van der Waals surface area contributed by atoms with Crippen LogP contribution in [0.5, 0.6) is 5.75 Å². The second-order valence-corrected chi connectivity index (χ2v) is 9.16. The van der Waals surface area contributed by atoms with Gasteiger partial charge in [0.25, 0.3) is 5.91 Å². The van der Waals surface area contributed by atoms with Crippen LogP contribution in [-0.2, 0) is 22.6 Å². The van der Waals surface area contributed by atoms with Gasteiger partial charge >= 0.3 is 0 Å². The molecule has 3 aromatic rings. The lowest BCUT2D eigenvalue weighted by Gasteiger charge is -2.33. The number of nitrogens with zero attached hydrogens (tertiary/aromatic N) is 1. The molecule has 0 radical (unpaired) electrons. The predicted octanol–water partition coefficient (Wildman–Crippen LogP) is 5.15. The van der Waals surface area contributed by atoms with Gasteiger partial charge in [0.1, 0.15) is 11.8 Å². The van der Waals surface area contributed by atoms with Gasteiger partial charge in [-0.1, -0.05) is 98.1 Å². The number of hydrogen-bond donors (Lipinski definition) is 1. The molecule has 0 spiro atoms. The SMILES string of the molecule is O=C(NC1CCCCC1)[C@H](Cc1ccccc1)N(Cc1ccccc1)C(=O)COc1ccccc1. The molecule has 182 valence electrons. The molecule has 5 nitrogen and oxygen atoms in total. The predicted molar refractivity (Wildman–Crippen MR) is 138 cm³/mol. The zero-order chi connectivity index (χ0) is 24.3. The summed E-state index contributed by atoms with van der Waals surface area (Å²) in [6.45, 7) is 0.215. The minimum absolute atomic E-state index is 0.0928. The monoisotopic (exact) mass is 470 g/mol. The highest BCUT2D eigenvalue weighted by Crippen LogP contribution is 2.20. The van der Waals surface area contributed by atoms with Crippen molar-refractivity contribution >= 4 is 11.8 Å². The Bertz CT molecular complexity index is 1050. The first-order valence-corrected chi connectivity index (χ1v) is 12.5. The van der Waals surface area contributed by atoms with E-state index < -0.39 is 6.04 Å². The van der Waals surface area contributed by atoms with E-state index in [9.17, 15) is 9.59 Å². The van der Waals surface area contributed by atoms with Crippen molar-refractivity contribution in [1.29, 1.82) is 0 Å². The lowest BCUT2D eigenvalue weighted by molar-refractivity contribution is -0.143. The largest absolute Gasteiger partial charge is 0.484 e. The molecule has 2 amide bonds. The Balaban J connectivity index is 1.58. The minimum atomic E-state index is -0.633. The maximum Gasteiger partial charge on any atom is 0.261 e. The van der Waals surface area contributed by atoms with E-state index in [-0.39, 0.29) is 24.5 Å². The van der Waals surface area contributed by atoms with Crippen LogP contribution in [0.4, 0.5) is 0 Å². The van der Waals surface area contributed by atoms with E-state index in [2.05, 4.69) is 5.32 Å². The van der Waals surface area contributed by atoms with Crippen LogP contribution in [0, 0.1) is 0 Å². The van der Waals surface area contributed by atoms with E-state index >= 15 is 0 Å². The Morgan fingerprint density at radius 3 is 2.00 bits per heavy atom. The van der Waals surface area contributed by atoms with E-state index in [1.54, 1.807) is 4.90 Å². The Morgan fingerprint density at radius 1 is 0.800 bits per heavy atom. The molecular weight excluding hydrogens is 436 g/mol. The summed E-state index contributed by atoms with van der Waals surface area (Å²) in [5.74, 6) is 0.328.